The standard InChI is InChI=1S/C16H29N5O5S/c17-6-2-1-4-10(18)15(24)21-7-3-5-12(21)14(23)19-8-13(22)20-11(9-27)16(25)26/h10-12,27H,1-9,17-18H2,(H,19,23)(H,20,22)(H,25,26). The maximum atomic E-state index is 12.5. The van der Waals surface area contributed by atoms with Gasteiger partial charge in [0.05, 0.1) is 12.6 Å². The van der Waals surface area contributed by atoms with Crippen LogP contribution in [0.2, 0.25) is 0 Å². The summed E-state index contributed by atoms with van der Waals surface area (Å²) in [5.74, 6) is -2.65. The fourth-order valence-corrected chi connectivity index (χ4v) is 3.11. The van der Waals surface area contributed by atoms with Crippen molar-refractivity contribution in [2.75, 3.05) is 25.4 Å². The number of unbranched alkanes of at least 4 members (excludes halogenated alkanes) is 1. The summed E-state index contributed by atoms with van der Waals surface area (Å²) in [6.45, 7) is 0.597. The smallest absolute Gasteiger partial charge is 0.327 e. The Morgan fingerprint density at radius 1 is 1.26 bits per heavy atom. The van der Waals surface area contributed by atoms with Crippen molar-refractivity contribution in [1.82, 2.24) is 15.5 Å². The summed E-state index contributed by atoms with van der Waals surface area (Å²) in [4.78, 5) is 49.0. The minimum absolute atomic E-state index is 0.0675. The van der Waals surface area contributed by atoms with Crippen LogP contribution < -0.4 is 22.1 Å². The number of thiol groups is 1. The minimum atomic E-state index is -1.21. The van der Waals surface area contributed by atoms with E-state index in [4.69, 9.17) is 16.6 Å². The number of likely N-dealkylation sites (tertiary alicyclic amines) is 1. The van der Waals surface area contributed by atoms with Crippen molar-refractivity contribution in [3.8, 4) is 0 Å². The Kier molecular flexibility index (Phi) is 10.1. The van der Waals surface area contributed by atoms with Crippen LogP contribution in [-0.4, -0.2) is 77.2 Å². The highest BCUT2D eigenvalue weighted by molar-refractivity contribution is 7.80. The average Bonchev–Trinajstić information content (AvgIpc) is 3.13. The van der Waals surface area contributed by atoms with Crippen LogP contribution in [0.5, 0.6) is 0 Å². The van der Waals surface area contributed by atoms with Crippen molar-refractivity contribution in [2.24, 2.45) is 11.5 Å². The molecule has 0 bridgehead atoms. The molecule has 1 aliphatic rings. The Labute approximate surface area is 163 Å². The summed E-state index contributed by atoms with van der Waals surface area (Å²) in [6.07, 6.45) is 3.19. The molecule has 1 aliphatic heterocycles. The largest absolute Gasteiger partial charge is 0.480 e. The molecule has 1 rings (SSSR count). The monoisotopic (exact) mass is 403 g/mol. The lowest BCUT2D eigenvalue weighted by Gasteiger charge is -2.26. The maximum Gasteiger partial charge on any atom is 0.327 e. The van der Waals surface area contributed by atoms with Gasteiger partial charge in [-0.3, -0.25) is 14.4 Å². The molecule has 0 aliphatic carbocycles. The number of carboxylic acid groups (broad SMARTS) is 1. The number of amides is 3. The van der Waals surface area contributed by atoms with Crippen LogP contribution in [0.4, 0.5) is 0 Å². The predicted molar refractivity (Wildman–Crippen MR) is 102 cm³/mol. The molecule has 0 aromatic carbocycles. The molecule has 0 radical (unpaired) electrons. The molecule has 3 amide bonds. The van der Waals surface area contributed by atoms with Gasteiger partial charge in [0.15, 0.2) is 0 Å². The lowest BCUT2D eigenvalue weighted by molar-refractivity contribution is -0.141. The highest BCUT2D eigenvalue weighted by Gasteiger charge is 2.36. The third-order valence-electron chi connectivity index (χ3n) is 4.36. The van der Waals surface area contributed by atoms with Crippen molar-refractivity contribution < 1.29 is 24.3 Å². The second-order valence-electron chi connectivity index (χ2n) is 6.44. The summed E-state index contributed by atoms with van der Waals surface area (Å²) >= 11 is 3.85. The van der Waals surface area contributed by atoms with Crippen LogP contribution in [0.1, 0.15) is 32.1 Å². The molecule has 11 heteroatoms. The third kappa shape index (κ3) is 7.35. The number of hydrogen-bond acceptors (Lipinski definition) is 7. The summed E-state index contributed by atoms with van der Waals surface area (Å²) < 4.78 is 0. The zero-order chi connectivity index (χ0) is 20.4. The number of carboxylic acids is 1. The molecule has 0 spiro atoms. The third-order valence-corrected chi connectivity index (χ3v) is 4.73. The molecular formula is C16H29N5O5S. The van der Waals surface area contributed by atoms with Gasteiger partial charge in [0, 0.05) is 12.3 Å². The van der Waals surface area contributed by atoms with Gasteiger partial charge in [0.1, 0.15) is 12.1 Å². The Bertz CT molecular complexity index is 547. The lowest BCUT2D eigenvalue weighted by atomic mass is 10.1. The van der Waals surface area contributed by atoms with Gasteiger partial charge in [-0.2, -0.15) is 12.6 Å². The molecule has 0 saturated carbocycles. The molecule has 1 fully saturated rings. The van der Waals surface area contributed by atoms with E-state index in [1.807, 2.05) is 0 Å². The van der Waals surface area contributed by atoms with Gasteiger partial charge in [-0.25, -0.2) is 4.79 Å². The van der Waals surface area contributed by atoms with Crippen LogP contribution in [0, 0.1) is 0 Å². The van der Waals surface area contributed by atoms with Crippen molar-refractivity contribution in [1.29, 1.82) is 0 Å². The topological polar surface area (TPSA) is 168 Å². The number of nitrogens with two attached hydrogens (primary N) is 2. The maximum absolute atomic E-state index is 12.5. The molecule has 10 nitrogen and oxygen atoms in total. The van der Waals surface area contributed by atoms with Crippen LogP contribution in [0.25, 0.3) is 0 Å². The fourth-order valence-electron chi connectivity index (χ4n) is 2.86. The van der Waals surface area contributed by atoms with Gasteiger partial charge < -0.3 is 32.1 Å². The molecule has 1 heterocycles. The van der Waals surface area contributed by atoms with Crippen molar-refractivity contribution in [3.63, 3.8) is 0 Å². The molecular weight excluding hydrogens is 374 g/mol. The molecule has 0 aromatic heterocycles. The van der Waals surface area contributed by atoms with Gasteiger partial charge in [0.25, 0.3) is 0 Å². The lowest BCUT2D eigenvalue weighted by Crippen LogP contribution is -2.53. The zero-order valence-electron chi connectivity index (χ0n) is 15.2. The normalized spacial score (nSPS) is 18.6. The number of aliphatic carboxylic acids is 1. The van der Waals surface area contributed by atoms with E-state index in [2.05, 4.69) is 23.3 Å². The van der Waals surface area contributed by atoms with Crippen LogP contribution in [0.3, 0.4) is 0 Å². The summed E-state index contributed by atoms with van der Waals surface area (Å²) in [6, 6.07) is -2.49. The first-order chi connectivity index (χ1) is 12.8. The van der Waals surface area contributed by atoms with E-state index in [-0.39, 0.29) is 18.2 Å². The minimum Gasteiger partial charge on any atom is -0.480 e. The number of rotatable bonds is 11. The molecule has 3 atom stereocenters. The highest BCUT2D eigenvalue weighted by Crippen LogP contribution is 2.19. The van der Waals surface area contributed by atoms with Gasteiger partial charge in [-0.05, 0) is 32.2 Å². The molecule has 7 N–H and O–H groups in total. The van der Waals surface area contributed by atoms with E-state index >= 15 is 0 Å². The quantitative estimate of drug-likeness (QED) is 0.172. The van der Waals surface area contributed by atoms with E-state index < -0.39 is 35.9 Å². The van der Waals surface area contributed by atoms with E-state index in [0.717, 1.165) is 12.8 Å². The van der Waals surface area contributed by atoms with E-state index in [1.165, 1.54) is 4.90 Å². The number of nitrogens with zero attached hydrogens (tertiary/aromatic N) is 1. The zero-order valence-corrected chi connectivity index (χ0v) is 16.1. The molecule has 3 unspecified atom stereocenters. The SMILES string of the molecule is NCCCCC(N)C(=O)N1CCCC1C(=O)NCC(=O)NC(CS)C(=O)O. The summed E-state index contributed by atoms with van der Waals surface area (Å²) in [7, 11) is 0. The van der Waals surface area contributed by atoms with Gasteiger partial charge in [-0.1, -0.05) is 6.42 Å². The Hall–Kier alpha value is -1.85. The number of carbonyl (C=O) groups is 4. The molecule has 27 heavy (non-hydrogen) atoms. The summed E-state index contributed by atoms with van der Waals surface area (Å²) in [5, 5.41) is 13.6. The van der Waals surface area contributed by atoms with E-state index in [1.54, 1.807) is 0 Å². The highest BCUT2D eigenvalue weighted by atomic mass is 32.1. The number of carbonyl (C=O) groups excluding carboxylic acids is 3. The number of hydrogen-bond donors (Lipinski definition) is 6. The Balaban J connectivity index is 2.52. The number of nitrogens with one attached hydrogen (secondary N) is 2. The van der Waals surface area contributed by atoms with Crippen LogP contribution >= 0.6 is 12.6 Å². The van der Waals surface area contributed by atoms with Crippen molar-refractivity contribution in [3.05, 3.63) is 0 Å². The summed E-state index contributed by atoms with van der Waals surface area (Å²) in [5.41, 5.74) is 11.4. The first kappa shape index (κ1) is 23.2. The van der Waals surface area contributed by atoms with Gasteiger partial charge in [-0.15, -0.1) is 0 Å². The van der Waals surface area contributed by atoms with E-state index in [9.17, 15) is 19.2 Å². The molecule has 154 valence electrons. The first-order valence-electron chi connectivity index (χ1n) is 8.98. The van der Waals surface area contributed by atoms with E-state index in [0.29, 0.717) is 32.4 Å². The average molecular weight is 404 g/mol. The second kappa shape index (κ2) is 11.8. The fraction of sp³-hybridized carbons (Fsp3) is 0.750. The van der Waals surface area contributed by atoms with Crippen LogP contribution in [-0.2, 0) is 19.2 Å². The molecule has 0 aromatic rings. The van der Waals surface area contributed by atoms with Gasteiger partial charge >= 0.3 is 5.97 Å². The second-order valence-corrected chi connectivity index (χ2v) is 6.80. The van der Waals surface area contributed by atoms with Crippen molar-refractivity contribution >= 4 is 36.3 Å². The predicted octanol–water partition coefficient (Wildman–Crippen LogP) is -1.95. The van der Waals surface area contributed by atoms with Gasteiger partial charge in [0.2, 0.25) is 17.7 Å². The molecule has 1 saturated heterocycles. The Morgan fingerprint density at radius 3 is 2.56 bits per heavy atom. The van der Waals surface area contributed by atoms with Crippen LogP contribution in [0.15, 0.2) is 0 Å². The Morgan fingerprint density at radius 2 is 1.96 bits per heavy atom. The van der Waals surface area contributed by atoms with Crippen molar-refractivity contribution in [2.45, 2.75) is 50.2 Å². The first-order valence-corrected chi connectivity index (χ1v) is 9.61.